The maximum Gasteiger partial charge on any atom is 0.418 e. The minimum Gasteiger partial charge on any atom is -0.481 e. The Balaban J connectivity index is 1.66. The summed E-state index contributed by atoms with van der Waals surface area (Å²) in [6.45, 7) is 2.26. The van der Waals surface area contributed by atoms with E-state index in [9.17, 15) is 31.5 Å². The number of aromatic nitrogens is 2. The van der Waals surface area contributed by atoms with Gasteiger partial charge in [-0.05, 0) is 42.2 Å². The quantitative estimate of drug-likeness (QED) is 0.516. The number of nitrogens with one attached hydrogen (secondary N) is 1. The number of aryl methyl sites for hydroxylation is 1. The van der Waals surface area contributed by atoms with E-state index in [1.54, 1.807) is 30.0 Å². The summed E-state index contributed by atoms with van der Waals surface area (Å²) in [7, 11) is -4.23. The maximum atomic E-state index is 13.6. The maximum absolute atomic E-state index is 13.6. The molecule has 0 unspecified atom stereocenters. The van der Waals surface area contributed by atoms with Gasteiger partial charge in [0.25, 0.3) is 10.0 Å². The molecule has 12 heteroatoms. The molecule has 1 aliphatic heterocycles. The fourth-order valence-corrected chi connectivity index (χ4v) is 4.95. The van der Waals surface area contributed by atoms with E-state index in [0.29, 0.717) is 30.3 Å². The standard InChI is InChI=1S/C23H21F3N4O4S/c1-14-4-2-3-5-17(14)18-11-20(28-12-19(18)23(24,25)26)29-35(33,34)16-6-8-27-21(10-16)30-9-7-15(13-30)22(31)32/h2-6,8,10-12,15H,7,9,13H2,1H3,(H,28,29)(H,31,32)/t15-/m0/s1. The highest BCUT2D eigenvalue weighted by atomic mass is 32.2. The van der Waals surface area contributed by atoms with Gasteiger partial charge in [0, 0.05) is 31.5 Å². The molecule has 0 bridgehead atoms. The third-order valence-corrected chi connectivity index (χ3v) is 7.12. The lowest BCUT2D eigenvalue weighted by Crippen LogP contribution is -2.24. The van der Waals surface area contributed by atoms with Crippen molar-refractivity contribution in [2.24, 2.45) is 5.92 Å². The Morgan fingerprint density at radius 2 is 1.89 bits per heavy atom. The molecule has 2 aromatic heterocycles. The third kappa shape index (κ3) is 5.21. The summed E-state index contributed by atoms with van der Waals surface area (Å²) in [6.07, 6.45) is -2.40. The van der Waals surface area contributed by atoms with Gasteiger partial charge >= 0.3 is 12.1 Å². The van der Waals surface area contributed by atoms with Gasteiger partial charge in [0.2, 0.25) is 0 Å². The summed E-state index contributed by atoms with van der Waals surface area (Å²) < 4.78 is 69.2. The molecule has 1 aliphatic rings. The molecular weight excluding hydrogens is 485 g/mol. The van der Waals surface area contributed by atoms with E-state index in [-0.39, 0.29) is 28.6 Å². The normalized spacial score (nSPS) is 16.3. The van der Waals surface area contributed by atoms with Crippen molar-refractivity contribution in [3.05, 3.63) is 66.0 Å². The average molecular weight is 507 g/mol. The second-order valence-corrected chi connectivity index (χ2v) is 9.84. The fourth-order valence-electron chi connectivity index (χ4n) is 3.94. The van der Waals surface area contributed by atoms with E-state index in [1.165, 1.54) is 24.4 Å². The molecule has 3 aromatic rings. The summed E-state index contributed by atoms with van der Waals surface area (Å²) in [5, 5.41) is 9.19. The molecule has 0 aliphatic carbocycles. The Kier molecular flexibility index (Phi) is 6.41. The van der Waals surface area contributed by atoms with E-state index >= 15 is 0 Å². The minimum atomic E-state index is -4.69. The van der Waals surface area contributed by atoms with E-state index in [1.807, 2.05) is 0 Å². The van der Waals surface area contributed by atoms with Gasteiger partial charge in [-0.15, -0.1) is 0 Å². The molecule has 1 aromatic carbocycles. The number of benzene rings is 1. The van der Waals surface area contributed by atoms with Crippen LogP contribution in [0.15, 0.2) is 59.8 Å². The number of sulfonamides is 1. The molecular formula is C23H21F3N4O4S. The van der Waals surface area contributed by atoms with Gasteiger partial charge in [-0.25, -0.2) is 18.4 Å². The highest BCUT2D eigenvalue weighted by Crippen LogP contribution is 2.39. The number of alkyl halides is 3. The van der Waals surface area contributed by atoms with Crippen LogP contribution < -0.4 is 9.62 Å². The molecule has 35 heavy (non-hydrogen) atoms. The largest absolute Gasteiger partial charge is 0.481 e. The van der Waals surface area contributed by atoms with Gasteiger partial charge in [0.1, 0.15) is 11.6 Å². The topological polar surface area (TPSA) is 112 Å². The van der Waals surface area contributed by atoms with Crippen molar-refractivity contribution < 1.29 is 31.5 Å². The molecule has 2 N–H and O–H groups in total. The minimum absolute atomic E-state index is 0.180. The van der Waals surface area contributed by atoms with Crippen LogP contribution in [0.3, 0.4) is 0 Å². The molecule has 0 amide bonds. The predicted octanol–water partition coefficient (Wildman–Crippen LogP) is 4.18. The monoisotopic (exact) mass is 506 g/mol. The lowest BCUT2D eigenvalue weighted by atomic mass is 9.97. The summed E-state index contributed by atoms with van der Waals surface area (Å²) in [5.74, 6) is -1.50. The van der Waals surface area contributed by atoms with Crippen LogP contribution in [0.2, 0.25) is 0 Å². The van der Waals surface area contributed by atoms with Crippen molar-refractivity contribution in [1.29, 1.82) is 0 Å². The van der Waals surface area contributed by atoms with E-state index in [2.05, 4.69) is 14.7 Å². The van der Waals surface area contributed by atoms with Crippen molar-refractivity contribution in [3.8, 4) is 11.1 Å². The number of halogens is 3. The molecule has 1 atom stereocenters. The van der Waals surface area contributed by atoms with E-state index in [0.717, 1.165) is 6.07 Å². The number of pyridine rings is 2. The number of anilines is 2. The van der Waals surface area contributed by atoms with Crippen LogP contribution in [0.5, 0.6) is 0 Å². The number of hydrogen-bond acceptors (Lipinski definition) is 6. The molecule has 0 radical (unpaired) electrons. The van der Waals surface area contributed by atoms with E-state index < -0.39 is 33.7 Å². The smallest absolute Gasteiger partial charge is 0.418 e. The van der Waals surface area contributed by atoms with Crippen molar-refractivity contribution >= 4 is 27.6 Å². The Morgan fingerprint density at radius 3 is 2.54 bits per heavy atom. The van der Waals surface area contributed by atoms with Gasteiger partial charge in [-0.3, -0.25) is 9.52 Å². The van der Waals surface area contributed by atoms with Crippen LogP contribution in [0.25, 0.3) is 11.1 Å². The molecule has 0 saturated carbocycles. The molecule has 8 nitrogen and oxygen atoms in total. The summed E-state index contributed by atoms with van der Waals surface area (Å²) in [4.78, 5) is 20.5. The first-order valence-corrected chi connectivity index (χ1v) is 12.0. The van der Waals surface area contributed by atoms with Gasteiger partial charge in [0.05, 0.1) is 16.4 Å². The third-order valence-electron chi connectivity index (χ3n) is 5.77. The Bertz CT molecular complexity index is 1380. The number of carbonyl (C=O) groups is 1. The Morgan fingerprint density at radius 1 is 1.14 bits per heavy atom. The summed E-state index contributed by atoms with van der Waals surface area (Å²) in [6, 6.07) is 10.1. The van der Waals surface area contributed by atoms with Crippen molar-refractivity contribution in [1.82, 2.24) is 9.97 Å². The zero-order valence-corrected chi connectivity index (χ0v) is 19.3. The first-order chi connectivity index (χ1) is 16.5. The summed E-state index contributed by atoms with van der Waals surface area (Å²) in [5.41, 5.74) is -0.295. The fraction of sp³-hybridized carbons (Fsp3) is 0.261. The number of aliphatic carboxylic acids is 1. The second-order valence-electron chi connectivity index (χ2n) is 8.15. The zero-order valence-electron chi connectivity index (χ0n) is 18.5. The number of carboxylic acid groups (broad SMARTS) is 1. The number of rotatable bonds is 6. The van der Waals surface area contributed by atoms with Crippen molar-refractivity contribution in [3.63, 3.8) is 0 Å². The highest BCUT2D eigenvalue weighted by Gasteiger charge is 2.35. The second kappa shape index (κ2) is 9.17. The van der Waals surface area contributed by atoms with Crippen LogP contribution in [0, 0.1) is 12.8 Å². The van der Waals surface area contributed by atoms with Gasteiger partial charge < -0.3 is 10.0 Å². The molecule has 0 spiro atoms. The van der Waals surface area contributed by atoms with Gasteiger partial charge in [-0.1, -0.05) is 24.3 Å². The van der Waals surface area contributed by atoms with Crippen LogP contribution in [0.1, 0.15) is 17.5 Å². The van der Waals surface area contributed by atoms with Crippen molar-refractivity contribution in [2.45, 2.75) is 24.4 Å². The predicted molar refractivity (Wildman–Crippen MR) is 122 cm³/mol. The number of nitrogens with zero attached hydrogens (tertiary/aromatic N) is 3. The Labute approximate surface area is 199 Å². The SMILES string of the molecule is Cc1ccccc1-c1cc(NS(=O)(=O)c2ccnc(N3CC[C@H](C(=O)O)C3)c2)ncc1C(F)(F)F. The zero-order chi connectivity index (χ0) is 25.4. The van der Waals surface area contributed by atoms with Crippen LogP contribution >= 0.6 is 0 Å². The van der Waals surface area contributed by atoms with Gasteiger partial charge in [0.15, 0.2) is 0 Å². The average Bonchev–Trinajstić information content (AvgIpc) is 3.29. The van der Waals surface area contributed by atoms with Crippen molar-refractivity contribution in [2.75, 3.05) is 22.7 Å². The molecule has 1 fully saturated rings. The first-order valence-electron chi connectivity index (χ1n) is 10.6. The lowest BCUT2D eigenvalue weighted by molar-refractivity contribution is -0.141. The molecule has 3 heterocycles. The van der Waals surface area contributed by atoms with E-state index in [4.69, 9.17) is 0 Å². The van der Waals surface area contributed by atoms with Gasteiger partial charge in [-0.2, -0.15) is 13.2 Å². The Hall–Kier alpha value is -3.67. The molecule has 184 valence electrons. The highest BCUT2D eigenvalue weighted by molar-refractivity contribution is 7.92. The number of hydrogen-bond donors (Lipinski definition) is 2. The van der Waals surface area contributed by atoms with Crippen LogP contribution in [0.4, 0.5) is 24.8 Å². The van der Waals surface area contributed by atoms with Crippen LogP contribution in [-0.2, 0) is 21.0 Å². The molecule has 4 rings (SSSR count). The molecule has 1 saturated heterocycles. The summed E-state index contributed by atoms with van der Waals surface area (Å²) >= 11 is 0. The van der Waals surface area contributed by atoms with Crippen LogP contribution in [-0.4, -0.2) is 42.6 Å². The number of carboxylic acids is 1. The first kappa shape index (κ1) is 24.5. The lowest BCUT2D eigenvalue weighted by Gasteiger charge is -2.18.